The van der Waals surface area contributed by atoms with E-state index < -0.39 is 0 Å². The Bertz CT molecular complexity index is 546. The fourth-order valence-corrected chi connectivity index (χ4v) is 2.30. The van der Waals surface area contributed by atoms with Gasteiger partial charge in [-0.1, -0.05) is 28.1 Å². The zero-order valence-electron chi connectivity index (χ0n) is 11.3. The largest absolute Gasteiger partial charge is 0.467 e. The van der Waals surface area contributed by atoms with E-state index in [4.69, 9.17) is 9.15 Å². The van der Waals surface area contributed by atoms with Crippen LogP contribution in [0, 0.1) is 0 Å². The highest BCUT2D eigenvalue weighted by atomic mass is 79.9. The van der Waals surface area contributed by atoms with Gasteiger partial charge in [-0.25, -0.2) is 0 Å². The summed E-state index contributed by atoms with van der Waals surface area (Å²) in [4.78, 5) is 0. The molecule has 0 unspecified atom stereocenters. The zero-order valence-corrected chi connectivity index (χ0v) is 12.9. The molecular weight excluding hydrogens is 318 g/mol. The van der Waals surface area contributed by atoms with Crippen molar-refractivity contribution in [2.24, 2.45) is 0 Å². The molecule has 0 spiro atoms. The van der Waals surface area contributed by atoms with Crippen molar-refractivity contribution in [1.82, 2.24) is 5.32 Å². The van der Waals surface area contributed by atoms with Crippen molar-refractivity contribution in [2.75, 3.05) is 0 Å². The first-order valence-corrected chi connectivity index (χ1v) is 7.71. The number of benzene rings is 1. The van der Waals surface area contributed by atoms with Crippen molar-refractivity contribution in [1.29, 1.82) is 0 Å². The Morgan fingerprint density at radius 2 is 1.95 bits per heavy atom. The highest BCUT2D eigenvalue weighted by molar-refractivity contribution is 9.10. The number of ether oxygens (including phenoxy) is 1. The van der Waals surface area contributed by atoms with Crippen molar-refractivity contribution >= 4 is 15.9 Å². The molecule has 4 heteroatoms. The zero-order chi connectivity index (χ0) is 13.8. The maximum Gasteiger partial charge on any atom is 0.133 e. The van der Waals surface area contributed by atoms with Crippen LogP contribution in [0.5, 0.6) is 0 Å². The molecule has 1 heterocycles. The Labute approximate surface area is 127 Å². The smallest absolute Gasteiger partial charge is 0.133 e. The van der Waals surface area contributed by atoms with E-state index in [9.17, 15) is 0 Å². The molecule has 0 saturated heterocycles. The van der Waals surface area contributed by atoms with Gasteiger partial charge in [0.05, 0.1) is 12.9 Å². The summed E-state index contributed by atoms with van der Waals surface area (Å²) < 4.78 is 12.3. The first-order valence-electron chi connectivity index (χ1n) is 6.92. The van der Waals surface area contributed by atoms with Crippen LogP contribution in [-0.2, 0) is 24.5 Å². The van der Waals surface area contributed by atoms with Crippen molar-refractivity contribution in [3.05, 3.63) is 58.0 Å². The predicted molar refractivity (Wildman–Crippen MR) is 81.2 cm³/mol. The second-order valence-electron chi connectivity index (χ2n) is 5.14. The molecule has 20 heavy (non-hydrogen) atoms. The lowest BCUT2D eigenvalue weighted by Crippen LogP contribution is -2.15. The van der Waals surface area contributed by atoms with E-state index in [2.05, 4.69) is 33.4 Å². The standard InChI is InChI=1S/C16H18BrNO2/c17-14-3-1-12(2-4-14)10-19-11-16-13(7-8-20-16)9-18-15-5-6-15/h1-4,7-8,15,18H,5-6,9-11H2. The molecule has 1 aromatic carbocycles. The third-order valence-electron chi connectivity index (χ3n) is 3.41. The Balaban J connectivity index is 1.47. The van der Waals surface area contributed by atoms with E-state index >= 15 is 0 Å². The van der Waals surface area contributed by atoms with E-state index in [-0.39, 0.29) is 0 Å². The normalized spacial score (nSPS) is 14.7. The van der Waals surface area contributed by atoms with Crippen molar-refractivity contribution < 1.29 is 9.15 Å². The Morgan fingerprint density at radius 3 is 2.70 bits per heavy atom. The monoisotopic (exact) mass is 335 g/mol. The van der Waals surface area contributed by atoms with Crippen LogP contribution < -0.4 is 5.32 Å². The molecule has 1 aliphatic rings. The van der Waals surface area contributed by atoms with Crippen molar-refractivity contribution in [2.45, 2.75) is 38.6 Å². The first-order chi connectivity index (χ1) is 9.81. The van der Waals surface area contributed by atoms with Gasteiger partial charge in [-0.15, -0.1) is 0 Å². The van der Waals surface area contributed by atoms with Gasteiger partial charge in [-0.05, 0) is 36.6 Å². The average Bonchev–Trinajstić information content (AvgIpc) is 3.18. The quantitative estimate of drug-likeness (QED) is 0.830. The highest BCUT2D eigenvalue weighted by Crippen LogP contribution is 2.20. The van der Waals surface area contributed by atoms with E-state index in [0.717, 1.165) is 22.3 Å². The molecular formula is C16H18BrNO2. The van der Waals surface area contributed by atoms with Crippen LogP contribution in [0.25, 0.3) is 0 Å². The highest BCUT2D eigenvalue weighted by Gasteiger charge is 2.20. The molecule has 1 aliphatic carbocycles. The van der Waals surface area contributed by atoms with Crippen molar-refractivity contribution in [3.8, 4) is 0 Å². The SMILES string of the molecule is Brc1ccc(COCc2occc2CNC2CC2)cc1. The van der Waals surface area contributed by atoms with Gasteiger partial charge in [0, 0.05) is 22.6 Å². The second kappa shape index (κ2) is 6.57. The van der Waals surface area contributed by atoms with Gasteiger partial charge in [-0.3, -0.25) is 0 Å². The summed E-state index contributed by atoms with van der Waals surface area (Å²) >= 11 is 3.43. The molecule has 0 amide bonds. The van der Waals surface area contributed by atoms with Crippen LogP contribution >= 0.6 is 15.9 Å². The minimum atomic E-state index is 0.519. The molecule has 106 valence electrons. The lowest BCUT2D eigenvalue weighted by atomic mass is 10.2. The number of hydrogen-bond donors (Lipinski definition) is 1. The molecule has 0 atom stereocenters. The van der Waals surface area contributed by atoms with E-state index in [1.807, 2.05) is 18.2 Å². The van der Waals surface area contributed by atoms with Crippen LogP contribution in [0.3, 0.4) is 0 Å². The molecule has 2 aromatic rings. The van der Waals surface area contributed by atoms with Gasteiger partial charge in [-0.2, -0.15) is 0 Å². The van der Waals surface area contributed by atoms with Crippen LogP contribution in [0.1, 0.15) is 29.7 Å². The van der Waals surface area contributed by atoms with Gasteiger partial charge < -0.3 is 14.5 Å². The number of hydrogen-bond acceptors (Lipinski definition) is 3. The lowest BCUT2D eigenvalue weighted by molar-refractivity contribution is 0.0921. The minimum absolute atomic E-state index is 0.519. The number of rotatable bonds is 7. The summed E-state index contributed by atoms with van der Waals surface area (Å²) in [6.45, 7) is 1.99. The number of furan rings is 1. The first kappa shape index (κ1) is 13.9. The van der Waals surface area contributed by atoms with Gasteiger partial charge in [0.15, 0.2) is 0 Å². The van der Waals surface area contributed by atoms with E-state index in [1.54, 1.807) is 6.26 Å². The second-order valence-corrected chi connectivity index (χ2v) is 6.06. The molecule has 1 fully saturated rings. The van der Waals surface area contributed by atoms with Crippen LogP contribution in [-0.4, -0.2) is 6.04 Å². The van der Waals surface area contributed by atoms with Gasteiger partial charge in [0.2, 0.25) is 0 Å². The summed E-state index contributed by atoms with van der Waals surface area (Å²) in [5, 5.41) is 3.49. The maximum atomic E-state index is 5.73. The molecule has 3 nitrogen and oxygen atoms in total. The van der Waals surface area contributed by atoms with Crippen LogP contribution in [0.4, 0.5) is 0 Å². The van der Waals surface area contributed by atoms with Crippen molar-refractivity contribution in [3.63, 3.8) is 0 Å². The molecule has 0 aliphatic heterocycles. The van der Waals surface area contributed by atoms with Crippen LogP contribution in [0.2, 0.25) is 0 Å². The number of nitrogens with one attached hydrogen (secondary N) is 1. The molecule has 3 rings (SSSR count). The minimum Gasteiger partial charge on any atom is -0.467 e. The van der Waals surface area contributed by atoms with Crippen LogP contribution in [0.15, 0.2) is 45.5 Å². The molecule has 0 bridgehead atoms. The summed E-state index contributed by atoms with van der Waals surface area (Å²) in [5.41, 5.74) is 2.37. The molecule has 1 aromatic heterocycles. The third-order valence-corrected chi connectivity index (χ3v) is 3.94. The fraction of sp³-hybridized carbons (Fsp3) is 0.375. The third kappa shape index (κ3) is 3.95. The fourth-order valence-electron chi connectivity index (χ4n) is 2.04. The van der Waals surface area contributed by atoms with E-state index in [0.29, 0.717) is 19.3 Å². The summed E-state index contributed by atoms with van der Waals surface area (Å²) in [7, 11) is 0. The maximum absolute atomic E-state index is 5.73. The average molecular weight is 336 g/mol. The summed E-state index contributed by atoms with van der Waals surface area (Å²) in [6, 6.07) is 10.9. The summed E-state index contributed by atoms with van der Waals surface area (Å²) in [5.74, 6) is 0.926. The lowest BCUT2D eigenvalue weighted by Gasteiger charge is -2.06. The molecule has 0 radical (unpaired) electrons. The van der Waals surface area contributed by atoms with E-state index in [1.165, 1.54) is 18.4 Å². The topological polar surface area (TPSA) is 34.4 Å². The van der Waals surface area contributed by atoms with Gasteiger partial charge in [0.1, 0.15) is 12.4 Å². The summed E-state index contributed by atoms with van der Waals surface area (Å²) in [6.07, 6.45) is 4.34. The Kier molecular flexibility index (Phi) is 4.55. The molecule has 1 N–H and O–H groups in total. The van der Waals surface area contributed by atoms with Gasteiger partial charge >= 0.3 is 0 Å². The Hall–Kier alpha value is -1.10. The number of halogens is 1. The molecule has 1 saturated carbocycles. The van der Waals surface area contributed by atoms with Gasteiger partial charge in [0.25, 0.3) is 0 Å². The Morgan fingerprint density at radius 1 is 1.15 bits per heavy atom. The predicted octanol–water partition coefficient (Wildman–Crippen LogP) is 4.01.